The minimum absolute atomic E-state index is 0.560. The van der Waals surface area contributed by atoms with Crippen molar-refractivity contribution in [1.29, 1.82) is 0 Å². The van der Waals surface area contributed by atoms with Crippen LogP contribution in [0.25, 0.3) is 11.0 Å². The van der Waals surface area contributed by atoms with Gasteiger partial charge in [-0.2, -0.15) is 0 Å². The molecule has 2 aromatic rings. The SMILES string of the molecule is CCNC(=NCc1nc2ccccc2n1C)NCCCN(C(C)C)C(C)C. The van der Waals surface area contributed by atoms with Crippen LogP contribution in [0.15, 0.2) is 29.3 Å². The minimum atomic E-state index is 0.560. The Balaban J connectivity index is 1.92. The molecule has 2 N–H and O–H groups in total. The summed E-state index contributed by atoms with van der Waals surface area (Å²) < 4.78 is 2.12. The first-order valence-electron chi connectivity index (χ1n) is 10.1. The number of aliphatic imine (C=N–C) groups is 1. The van der Waals surface area contributed by atoms with Crippen molar-refractivity contribution in [3.8, 4) is 0 Å². The van der Waals surface area contributed by atoms with Crippen molar-refractivity contribution in [2.75, 3.05) is 19.6 Å². The van der Waals surface area contributed by atoms with Gasteiger partial charge in [-0.05, 0) is 53.2 Å². The average molecular weight is 373 g/mol. The third kappa shape index (κ3) is 5.96. The van der Waals surface area contributed by atoms with Gasteiger partial charge in [0.15, 0.2) is 5.96 Å². The van der Waals surface area contributed by atoms with Gasteiger partial charge in [0.2, 0.25) is 0 Å². The van der Waals surface area contributed by atoms with E-state index in [1.165, 1.54) is 0 Å². The van der Waals surface area contributed by atoms with Crippen molar-refractivity contribution in [3.05, 3.63) is 30.1 Å². The van der Waals surface area contributed by atoms with Crippen LogP contribution in [0.3, 0.4) is 0 Å². The van der Waals surface area contributed by atoms with Gasteiger partial charge in [-0.25, -0.2) is 9.98 Å². The number of aromatic nitrogens is 2. The van der Waals surface area contributed by atoms with E-state index in [1.54, 1.807) is 0 Å². The fraction of sp³-hybridized carbons (Fsp3) is 0.619. The number of para-hydroxylation sites is 2. The van der Waals surface area contributed by atoms with Gasteiger partial charge in [-0.3, -0.25) is 4.90 Å². The predicted octanol–water partition coefficient (Wildman–Crippen LogP) is 3.14. The van der Waals surface area contributed by atoms with Gasteiger partial charge in [0, 0.05) is 38.8 Å². The number of nitrogens with one attached hydrogen (secondary N) is 2. The Morgan fingerprint density at radius 1 is 1.15 bits per heavy atom. The number of hydrogen-bond acceptors (Lipinski definition) is 3. The van der Waals surface area contributed by atoms with Crippen LogP contribution in [0.2, 0.25) is 0 Å². The molecule has 0 atom stereocenters. The van der Waals surface area contributed by atoms with Crippen LogP contribution < -0.4 is 10.6 Å². The minimum Gasteiger partial charge on any atom is -0.357 e. The lowest BCUT2D eigenvalue weighted by atomic mass is 10.2. The Kier molecular flexibility index (Phi) is 8.10. The third-order valence-electron chi connectivity index (χ3n) is 4.81. The van der Waals surface area contributed by atoms with Crippen LogP contribution in [0.4, 0.5) is 0 Å². The van der Waals surface area contributed by atoms with Gasteiger partial charge >= 0.3 is 0 Å². The highest BCUT2D eigenvalue weighted by Crippen LogP contribution is 2.14. The lowest BCUT2D eigenvalue weighted by molar-refractivity contribution is 0.173. The lowest BCUT2D eigenvalue weighted by Crippen LogP contribution is -2.41. The zero-order valence-corrected chi connectivity index (χ0v) is 17.8. The molecule has 0 aliphatic carbocycles. The number of fused-ring (bicyclic) bond motifs is 1. The van der Waals surface area contributed by atoms with Crippen LogP contribution in [0.1, 0.15) is 46.9 Å². The first kappa shape index (κ1) is 21.2. The molecule has 1 heterocycles. The molecule has 0 aliphatic rings. The first-order valence-corrected chi connectivity index (χ1v) is 10.1. The van der Waals surface area contributed by atoms with Gasteiger partial charge in [-0.1, -0.05) is 12.1 Å². The standard InChI is InChI=1S/C21H36N6/c1-7-22-21(23-13-10-14-27(16(2)3)17(4)5)24-15-20-25-18-11-8-9-12-19(18)26(20)6/h8-9,11-12,16-17H,7,10,13-15H2,1-6H3,(H2,22,23,24). The van der Waals surface area contributed by atoms with Crippen LogP contribution in [0.5, 0.6) is 0 Å². The Hall–Kier alpha value is -2.08. The van der Waals surface area contributed by atoms with Crippen molar-refractivity contribution in [3.63, 3.8) is 0 Å². The number of imidazole rings is 1. The molecule has 0 radical (unpaired) electrons. The number of nitrogens with zero attached hydrogens (tertiary/aromatic N) is 4. The van der Waals surface area contributed by atoms with E-state index in [1.807, 2.05) is 25.2 Å². The summed E-state index contributed by atoms with van der Waals surface area (Å²) in [6.07, 6.45) is 1.09. The molecule has 0 saturated heterocycles. The monoisotopic (exact) mass is 372 g/mol. The largest absolute Gasteiger partial charge is 0.357 e. The van der Waals surface area contributed by atoms with Gasteiger partial charge in [0.25, 0.3) is 0 Å². The zero-order valence-electron chi connectivity index (χ0n) is 17.8. The molecular weight excluding hydrogens is 336 g/mol. The van der Waals surface area contributed by atoms with E-state index >= 15 is 0 Å². The Labute approximate surface area is 164 Å². The molecule has 0 unspecified atom stereocenters. The lowest BCUT2D eigenvalue weighted by Gasteiger charge is -2.30. The average Bonchev–Trinajstić information content (AvgIpc) is 2.95. The second kappa shape index (κ2) is 10.3. The molecule has 0 saturated carbocycles. The van der Waals surface area contributed by atoms with E-state index in [9.17, 15) is 0 Å². The maximum absolute atomic E-state index is 4.72. The summed E-state index contributed by atoms with van der Waals surface area (Å²) in [5, 5.41) is 6.78. The number of rotatable bonds is 9. The van der Waals surface area contributed by atoms with E-state index in [2.05, 4.69) is 60.8 Å². The van der Waals surface area contributed by atoms with Crippen molar-refractivity contribution in [2.24, 2.45) is 12.0 Å². The maximum atomic E-state index is 4.72. The topological polar surface area (TPSA) is 57.5 Å². The summed E-state index contributed by atoms with van der Waals surface area (Å²) in [6.45, 7) is 14.5. The van der Waals surface area contributed by atoms with Crippen LogP contribution >= 0.6 is 0 Å². The first-order chi connectivity index (χ1) is 12.9. The fourth-order valence-electron chi connectivity index (χ4n) is 3.41. The van der Waals surface area contributed by atoms with Gasteiger partial charge in [0.1, 0.15) is 12.4 Å². The van der Waals surface area contributed by atoms with Crippen molar-refractivity contribution < 1.29 is 0 Å². The van der Waals surface area contributed by atoms with Gasteiger partial charge in [-0.15, -0.1) is 0 Å². The molecule has 6 heteroatoms. The Morgan fingerprint density at radius 2 is 1.85 bits per heavy atom. The van der Waals surface area contributed by atoms with Gasteiger partial charge < -0.3 is 15.2 Å². The summed E-state index contributed by atoms with van der Waals surface area (Å²) in [4.78, 5) is 11.9. The predicted molar refractivity (Wildman–Crippen MR) is 115 cm³/mol. The summed E-state index contributed by atoms with van der Waals surface area (Å²) in [5.41, 5.74) is 2.16. The third-order valence-corrected chi connectivity index (χ3v) is 4.81. The molecule has 2 rings (SSSR count). The Bertz CT molecular complexity index is 723. The highest BCUT2D eigenvalue weighted by Gasteiger charge is 2.12. The second-order valence-electron chi connectivity index (χ2n) is 7.48. The number of guanidine groups is 1. The van der Waals surface area contributed by atoms with E-state index in [0.29, 0.717) is 18.6 Å². The summed E-state index contributed by atoms with van der Waals surface area (Å²) in [7, 11) is 2.05. The van der Waals surface area contributed by atoms with Crippen LogP contribution in [-0.2, 0) is 13.6 Å². The summed E-state index contributed by atoms with van der Waals surface area (Å²) in [5.74, 6) is 1.82. The molecule has 0 amide bonds. The second-order valence-corrected chi connectivity index (χ2v) is 7.48. The molecule has 0 spiro atoms. The maximum Gasteiger partial charge on any atom is 0.191 e. The molecule has 6 nitrogen and oxygen atoms in total. The highest BCUT2D eigenvalue weighted by molar-refractivity contribution is 5.80. The quantitative estimate of drug-likeness (QED) is 0.403. The summed E-state index contributed by atoms with van der Waals surface area (Å²) in [6, 6.07) is 9.34. The van der Waals surface area contributed by atoms with Crippen LogP contribution in [-0.4, -0.2) is 52.1 Å². The van der Waals surface area contributed by atoms with Crippen molar-refractivity contribution in [1.82, 2.24) is 25.1 Å². The summed E-state index contributed by atoms with van der Waals surface area (Å²) >= 11 is 0. The molecular formula is C21H36N6. The molecule has 1 aromatic heterocycles. The number of hydrogen-bond donors (Lipinski definition) is 2. The molecule has 27 heavy (non-hydrogen) atoms. The fourth-order valence-corrected chi connectivity index (χ4v) is 3.41. The van der Waals surface area contributed by atoms with Gasteiger partial charge in [0.05, 0.1) is 11.0 Å². The number of benzene rings is 1. The normalized spacial score (nSPS) is 12.6. The molecule has 150 valence electrons. The van der Waals surface area contributed by atoms with Crippen molar-refractivity contribution in [2.45, 2.75) is 59.7 Å². The smallest absolute Gasteiger partial charge is 0.191 e. The Morgan fingerprint density at radius 3 is 2.48 bits per heavy atom. The van der Waals surface area contributed by atoms with E-state index < -0.39 is 0 Å². The van der Waals surface area contributed by atoms with Crippen molar-refractivity contribution >= 4 is 17.0 Å². The molecule has 1 aromatic carbocycles. The van der Waals surface area contributed by atoms with E-state index in [-0.39, 0.29) is 0 Å². The highest BCUT2D eigenvalue weighted by atomic mass is 15.2. The number of aryl methyl sites for hydroxylation is 1. The molecule has 0 fully saturated rings. The zero-order chi connectivity index (χ0) is 19.8. The van der Waals surface area contributed by atoms with Crippen LogP contribution in [0, 0.1) is 0 Å². The molecule has 0 bridgehead atoms. The molecule has 0 aliphatic heterocycles. The van der Waals surface area contributed by atoms with E-state index in [4.69, 9.17) is 9.98 Å². The van der Waals surface area contributed by atoms with E-state index in [0.717, 1.165) is 48.9 Å².